The molecule has 1 heterocycles. The highest BCUT2D eigenvalue weighted by Gasteiger charge is 2.41. The summed E-state index contributed by atoms with van der Waals surface area (Å²) in [6.45, 7) is 2.42. The second kappa shape index (κ2) is 7.27. The maximum atomic E-state index is 12.6. The molecule has 22 heavy (non-hydrogen) atoms. The maximum absolute atomic E-state index is 12.6. The lowest BCUT2D eigenvalue weighted by Crippen LogP contribution is -2.26. The average Bonchev–Trinajstić information content (AvgIpc) is 2.94. The number of hydrogen-bond donors (Lipinski definition) is 2. The Morgan fingerprint density at radius 1 is 1.50 bits per heavy atom. The molecule has 0 saturated carbocycles. The molecule has 1 aromatic rings. The summed E-state index contributed by atoms with van der Waals surface area (Å²) >= 11 is 0. The number of rotatable bonds is 7. The van der Waals surface area contributed by atoms with E-state index < -0.39 is 19.2 Å². The van der Waals surface area contributed by atoms with Crippen molar-refractivity contribution in [2.24, 2.45) is 0 Å². The first-order chi connectivity index (χ1) is 10.4. The molecule has 0 bridgehead atoms. The van der Waals surface area contributed by atoms with Gasteiger partial charge in [0.25, 0.3) is 0 Å². The number of carboxylic acids is 1. The minimum absolute atomic E-state index is 0.146. The summed E-state index contributed by atoms with van der Waals surface area (Å²) in [4.78, 5) is 21.2. The fraction of sp³-hybridized carbons (Fsp3) is 0.533. The molecule has 7 heteroatoms. The van der Waals surface area contributed by atoms with Crippen LogP contribution in [-0.2, 0) is 20.5 Å². The highest BCUT2D eigenvalue weighted by Crippen LogP contribution is 2.52. The average molecular weight is 328 g/mol. The molecule has 0 radical (unpaired) electrons. The lowest BCUT2D eigenvalue weighted by atomic mass is 10.1. The normalized spacial score (nSPS) is 22.0. The Morgan fingerprint density at radius 2 is 2.23 bits per heavy atom. The molecule has 2 rings (SSSR count). The number of carbonyl (C=O) groups is 1. The number of benzene rings is 1. The molecule has 1 saturated heterocycles. The smallest absolute Gasteiger partial charge is 0.382 e. The molecule has 0 aliphatic carbocycles. The van der Waals surface area contributed by atoms with Crippen LogP contribution in [0.5, 0.6) is 5.75 Å². The van der Waals surface area contributed by atoms with E-state index in [1.807, 2.05) is 6.92 Å². The molecule has 0 aromatic heterocycles. The van der Waals surface area contributed by atoms with Gasteiger partial charge in [0.15, 0.2) is 0 Å². The van der Waals surface area contributed by atoms with Crippen LogP contribution in [0.3, 0.4) is 0 Å². The van der Waals surface area contributed by atoms with Gasteiger partial charge in [-0.05, 0) is 25.3 Å². The van der Waals surface area contributed by atoms with Crippen molar-refractivity contribution in [1.82, 2.24) is 0 Å². The number of carboxylic acid groups (broad SMARTS) is 1. The van der Waals surface area contributed by atoms with E-state index in [9.17, 15) is 14.3 Å². The number of hydrogen-bond acceptors (Lipinski definition) is 4. The van der Waals surface area contributed by atoms with E-state index in [-0.39, 0.29) is 18.3 Å². The van der Waals surface area contributed by atoms with Crippen LogP contribution >= 0.6 is 7.60 Å². The van der Waals surface area contributed by atoms with Gasteiger partial charge in [0.05, 0.1) is 18.2 Å². The Kier molecular flexibility index (Phi) is 5.62. The Balaban J connectivity index is 2.20. The van der Waals surface area contributed by atoms with Crippen LogP contribution in [0.1, 0.15) is 31.7 Å². The number of ether oxygens (including phenoxy) is 1. The summed E-state index contributed by atoms with van der Waals surface area (Å²) in [6.07, 6.45) is 1.53. The lowest BCUT2D eigenvalue weighted by Gasteiger charge is -2.26. The van der Waals surface area contributed by atoms with Gasteiger partial charge in [-0.25, -0.2) is 4.57 Å². The molecule has 1 aliphatic rings. The van der Waals surface area contributed by atoms with E-state index in [0.29, 0.717) is 18.6 Å². The number of para-hydroxylation sites is 1. The van der Waals surface area contributed by atoms with Gasteiger partial charge in [0.1, 0.15) is 5.75 Å². The molecule has 1 aromatic carbocycles. The van der Waals surface area contributed by atoms with Crippen molar-refractivity contribution in [2.75, 3.05) is 6.61 Å². The first-order valence-corrected chi connectivity index (χ1v) is 9.02. The Bertz CT molecular complexity index is 567. The van der Waals surface area contributed by atoms with E-state index in [1.165, 1.54) is 6.07 Å². The lowest BCUT2D eigenvalue weighted by molar-refractivity contribution is -0.136. The highest BCUT2D eigenvalue weighted by atomic mass is 31.2. The SMILES string of the molecule is CCC(C1CCCO1)P(=O)(O)Oc1ccccc1CC(=O)O. The molecule has 0 amide bonds. The second-order valence-electron chi connectivity index (χ2n) is 5.36. The van der Waals surface area contributed by atoms with E-state index >= 15 is 0 Å². The van der Waals surface area contributed by atoms with Gasteiger partial charge in [-0.15, -0.1) is 0 Å². The molecule has 0 spiro atoms. The van der Waals surface area contributed by atoms with Gasteiger partial charge in [-0.3, -0.25) is 4.79 Å². The Labute approximate surface area is 129 Å². The monoisotopic (exact) mass is 328 g/mol. The van der Waals surface area contributed by atoms with Crippen LogP contribution in [0, 0.1) is 0 Å². The first-order valence-electron chi connectivity index (χ1n) is 7.37. The first kappa shape index (κ1) is 17.0. The second-order valence-corrected chi connectivity index (χ2v) is 7.33. The largest absolute Gasteiger partial charge is 0.481 e. The van der Waals surface area contributed by atoms with Crippen molar-refractivity contribution in [3.05, 3.63) is 29.8 Å². The number of aliphatic carboxylic acids is 1. The minimum atomic E-state index is -3.96. The Morgan fingerprint density at radius 3 is 2.82 bits per heavy atom. The van der Waals surface area contributed by atoms with Gasteiger partial charge in [-0.1, -0.05) is 25.1 Å². The summed E-state index contributed by atoms with van der Waals surface area (Å²) in [7, 11) is -3.96. The molecule has 1 fully saturated rings. The molecule has 6 nitrogen and oxygen atoms in total. The van der Waals surface area contributed by atoms with Crippen molar-refractivity contribution < 1.29 is 28.6 Å². The predicted molar refractivity (Wildman–Crippen MR) is 81.3 cm³/mol. The third-order valence-corrected chi connectivity index (χ3v) is 5.77. The standard InChI is InChI=1S/C15H21O6P/c1-2-14(13-8-5-9-20-13)22(18,19)21-12-7-4-3-6-11(12)10-15(16)17/h3-4,6-7,13-14H,2,5,8-10H2,1H3,(H,16,17)(H,18,19). The third kappa shape index (κ3) is 4.09. The predicted octanol–water partition coefficient (Wildman–Crippen LogP) is 2.84. The van der Waals surface area contributed by atoms with Crippen molar-refractivity contribution in [3.8, 4) is 5.75 Å². The minimum Gasteiger partial charge on any atom is -0.481 e. The molecule has 2 N–H and O–H groups in total. The summed E-state index contributed by atoms with van der Waals surface area (Å²) in [5, 5.41) is 8.91. The van der Waals surface area contributed by atoms with Crippen LogP contribution in [0.15, 0.2) is 24.3 Å². The zero-order chi connectivity index (χ0) is 16.2. The zero-order valence-electron chi connectivity index (χ0n) is 12.5. The van der Waals surface area contributed by atoms with Gasteiger partial charge >= 0.3 is 13.6 Å². The van der Waals surface area contributed by atoms with E-state index in [0.717, 1.165) is 12.8 Å². The van der Waals surface area contributed by atoms with Crippen LogP contribution in [0.2, 0.25) is 0 Å². The van der Waals surface area contributed by atoms with Gasteiger partial charge < -0.3 is 19.3 Å². The zero-order valence-corrected chi connectivity index (χ0v) is 13.4. The van der Waals surface area contributed by atoms with E-state index in [2.05, 4.69) is 0 Å². The molecular weight excluding hydrogens is 307 g/mol. The summed E-state index contributed by atoms with van der Waals surface area (Å²) in [5.41, 5.74) is -0.223. The summed E-state index contributed by atoms with van der Waals surface area (Å²) in [5.74, 6) is -0.873. The van der Waals surface area contributed by atoms with Crippen molar-refractivity contribution in [1.29, 1.82) is 0 Å². The van der Waals surface area contributed by atoms with Gasteiger partial charge in [0, 0.05) is 12.2 Å². The van der Waals surface area contributed by atoms with Gasteiger partial charge in [0.2, 0.25) is 0 Å². The quantitative estimate of drug-likeness (QED) is 0.748. The summed E-state index contributed by atoms with van der Waals surface area (Å²) < 4.78 is 23.5. The highest BCUT2D eigenvalue weighted by molar-refractivity contribution is 7.54. The summed E-state index contributed by atoms with van der Waals surface area (Å²) in [6, 6.07) is 6.42. The fourth-order valence-electron chi connectivity index (χ4n) is 2.72. The fourth-order valence-corrected chi connectivity index (χ4v) is 4.43. The third-order valence-electron chi connectivity index (χ3n) is 3.77. The topological polar surface area (TPSA) is 93.1 Å². The molecule has 3 atom stereocenters. The molecule has 122 valence electrons. The van der Waals surface area contributed by atoms with Crippen molar-refractivity contribution >= 4 is 13.6 Å². The van der Waals surface area contributed by atoms with Crippen LogP contribution in [-0.4, -0.2) is 34.3 Å². The van der Waals surface area contributed by atoms with Crippen LogP contribution in [0.25, 0.3) is 0 Å². The maximum Gasteiger partial charge on any atom is 0.382 e. The van der Waals surface area contributed by atoms with E-state index in [4.69, 9.17) is 14.4 Å². The van der Waals surface area contributed by atoms with Crippen molar-refractivity contribution in [2.45, 2.75) is 44.4 Å². The van der Waals surface area contributed by atoms with Gasteiger partial charge in [-0.2, -0.15) is 0 Å². The van der Waals surface area contributed by atoms with Crippen LogP contribution in [0.4, 0.5) is 0 Å². The van der Waals surface area contributed by atoms with E-state index in [1.54, 1.807) is 18.2 Å². The van der Waals surface area contributed by atoms with Crippen LogP contribution < -0.4 is 4.52 Å². The molecule has 1 aliphatic heterocycles. The van der Waals surface area contributed by atoms with Crippen molar-refractivity contribution in [3.63, 3.8) is 0 Å². The molecule has 3 unspecified atom stereocenters. The molecular formula is C15H21O6P. The Hall–Kier alpha value is -1.36.